The zero-order chi connectivity index (χ0) is 30.6. The number of fused-ring (bicyclic) bond motifs is 1. The van der Waals surface area contributed by atoms with Crippen molar-refractivity contribution >= 4 is 56.8 Å². The van der Waals surface area contributed by atoms with Crippen LogP contribution in [0.25, 0.3) is 0 Å². The zero-order valence-electron chi connectivity index (χ0n) is 24.4. The van der Waals surface area contributed by atoms with Crippen molar-refractivity contribution in [2.45, 2.75) is 51.2 Å². The van der Waals surface area contributed by atoms with Crippen molar-refractivity contribution in [2.24, 2.45) is 5.92 Å². The van der Waals surface area contributed by atoms with Gasteiger partial charge in [-0.25, -0.2) is 4.98 Å². The summed E-state index contributed by atoms with van der Waals surface area (Å²) in [5.41, 5.74) is 2.05. The number of ether oxygens (including phenoxy) is 1. The van der Waals surface area contributed by atoms with Gasteiger partial charge in [0.05, 0.1) is 6.04 Å². The Labute approximate surface area is 270 Å². The number of amides is 3. The highest BCUT2D eigenvalue weighted by Gasteiger charge is 2.31. The number of hydrogen-bond donors (Lipinski definition) is 5. The molecule has 0 bridgehead atoms. The number of rotatable bonds is 6. The van der Waals surface area contributed by atoms with Crippen LogP contribution in [-0.4, -0.2) is 67.1 Å². The number of nitrogens with one attached hydrogen (secondary N) is 5. The number of anilines is 1. The van der Waals surface area contributed by atoms with Crippen LogP contribution in [0.3, 0.4) is 0 Å². The summed E-state index contributed by atoms with van der Waals surface area (Å²) < 4.78 is 7.18. The van der Waals surface area contributed by atoms with Gasteiger partial charge in [-0.15, -0.1) is 11.3 Å². The third kappa shape index (κ3) is 10.2. The summed E-state index contributed by atoms with van der Waals surface area (Å²) in [4.78, 5) is 44.8. The highest BCUT2D eigenvalue weighted by atomic mass is 127. The first-order valence-electron chi connectivity index (χ1n) is 14.5. The van der Waals surface area contributed by atoms with E-state index in [1.807, 2.05) is 67.8 Å². The van der Waals surface area contributed by atoms with Crippen molar-refractivity contribution in [2.75, 3.05) is 31.6 Å². The number of para-hydroxylation sites is 1. The molecule has 43 heavy (non-hydrogen) atoms. The summed E-state index contributed by atoms with van der Waals surface area (Å²) in [6.45, 7) is 5.13. The fraction of sp³-hybridized carbons (Fsp3) is 0.419. The molecule has 0 aliphatic carbocycles. The van der Waals surface area contributed by atoms with Gasteiger partial charge in [0.1, 0.15) is 24.4 Å². The Balaban J connectivity index is 1.57. The number of benzene rings is 2. The van der Waals surface area contributed by atoms with E-state index in [4.69, 9.17) is 4.74 Å². The van der Waals surface area contributed by atoms with Crippen LogP contribution < -0.4 is 31.3 Å². The molecule has 1 aliphatic heterocycles. The topological polar surface area (TPSA) is 133 Å². The van der Waals surface area contributed by atoms with Gasteiger partial charge in [0.15, 0.2) is 5.13 Å². The highest BCUT2D eigenvalue weighted by Crippen LogP contribution is 2.19. The second kappa shape index (κ2) is 16.6. The van der Waals surface area contributed by atoms with Crippen molar-refractivity contribution in [1.82, 2.24) is 26.3 Å². The van der Waals surface area contributed by atoms with E-state index in [2.05, 4.69) is 54.2 Å². The largest absolute Gasteiger partial charge is 0.492 e. The zero-order valence-corrected chi connectivity index (χ0v) is 27.4. The average molecular weight is 719 g/mol. The lowest BCUT2D eigenvalue weighted by Gasteiger charge is -2.27. The van der Waals surface area contributed by atoms with E-state index in [9.17, 15) is 14.4 Å². The summed E-state index contributed by atoms with van der Waals surface area (Å²) in [6.07, 6.45) is 3.52. The van der Waals surface area contributed by atoms with Gasteiger partial charge in [-0.2, -0.15) is 0 Å². The molecule has 10 nitrogen and oxygen atoms in total. The number of nitrogens with zero attached hydrogens (tertiary/aromatic N) is 1. The quantitative estimate of drug-likeness (QED) is 0.248. The second-order valence-electron chi connectivity index (χ2n) is 10.7. The molecule has 0 saturated carbocycles. The van der Waals surface area contributed by atoms with Crippen molar-refractivity contribution in [3.63, 3.8) is 0 Å². The maximum absolute atomic E-state index is 13.7. The van der Waals surface area contributed by atoms with Gasteiger partial charge in [-0.1, -0.05) is 44.2 Å². The van der Waals surface area contributed by atoms with Crippen molar-refractivity contribution < 1.29 is 19.1 Å². The Hall–Kier alpha value is -3.23. The Morgan fingerprint density at radius 2 is 1.86 bits per heavy atom. The van der Waals surface area contributed by atoms with Crippen LogP contribution in [0.15, 0.2) is 60.1 Å². The predicted molar refractivity (Wildman–Crippen MR) is 177 cm³/mol. The molecule has 230 valence electrons. The van der Waals surface area contributed by atoms with Crippen LogP contribution >= 0.6 is 33.9 Å². The fourth-order valence-corrected chi connectivity index (χ4v) is 5.92. The molecule has 3 amide bonds. The molecule has 12 heteroatoms. The first-order valence-corrected chi connectivity index (χ1v) is 16.5. The third-order valence-electron chi connectivity index (χ3n) is 7.06. The number of aryl methyl sites for hydroxylation is 1. The van der Waals surface area contributed by atoms with E-state index in [0.717, 1.165) is 20.4 Å². The molecule has 0 spiro atoms. The number of thiazole rings is 1. The predicted octanol–water partition coefficient (Wildman–Crippen LogP) is 3.13. The third-order valence-corrected chi connectivity index (χ3v) is 8.46. The molecule has 0 unspecified atom stereocenters. The van der Waals surface area contributed by atoms with E-state index >= 15 is 0 Å². The first kappa shape index (κ1) is 32.7. The summed E-state index contributed by atoms with van der Waals surface area (Å²) >= 11 is 3.66. The highest BCUT2D eigenvalue weighted by molar-refractivity contribution is 14.1. The number of hydrogen-bond acceptors (Lipinski definition) is 8. The Bertz CT molecular complexity index is 1360. The lowest BCUT2D eigenvalue weighted by atomic mass is 10.0. The van der Waals surface area contributed by atoms with Gasteiger partial charge >= 0.3 is 0 Å². The summed E-state index contributed by atoms with van der Waals surface area (Å²) in [5.74, 6) is -0.460. The van der Waals surface area contributed by atoms with Gasteiger partial charge in [0.25, 0.3) is 0 Å². The van der Waals surface area contributed by atoms with E-state index < -0.39 is 24.0 Å². The van der Waals surface area contributed by atoms with E-state index in [1.54, 1.807) is 6.20 Å². The van der Waals surface area contributed by atoms with Crippen LogP contribution in [0.1, 0.15) is 31.4 Å². The molecule has 1 aromatic heterocycles. The molecule has 5 N–H and O–H groups in total. The minimum Gasteiger partial charge on any atom is -0.492 e. The molecule has 0 radical (unpaired) electrons. The number of carbonyl (C=O) groups excluding carboxylic acids is 3. The van der Waals surface area contributed by atoms with Gasteiger partial charge < -0.3 is 31.3 Å². The number of aromatic nitrogens is 1. The molecular formula is C31H39IN6O4S. The Morgan fingerprint density at radius 1 is 1.02 bits per heavy atom. The standard InChI is InChI=1S/C31H39IN6O4S/c1-20(2)27-30(41)37-25(19-36-31-35-14-16-43-31)28(39)34-12-6-9-22-8-3-4-11-26(22)42-15-13-33-24(29(40)38-27)18-21-7-5-10-23(32)17-21/h3-5,7-8,10-11,14,16-17,20,24-25,27,33H,6,9,12-13,15,18-19H2,1-2H3,(H,34,39)(H,35,36)(H,37,41)(H,38,40)/t24-,25+,27-/m1/s1. The van der Waals surface area contributed by atoms with E-state index in [0.29, 0.717) is 44.1 Å². The molecule has 1 aliphatic rings. The average Bonchev–Trinajstić information content (AvgIpc) is 3.51. The smallest absolute Gasteiger partial charge is 0.244 e. The number of halogens is 1. The molecule has 0 fully saturated rings. The van der Waals surface area contributed by atoms with Gasteiger partial charge in [-0.05, 0) is 77.1 Å². The molecule has 2 aromatic carbocycles. The van der Waals surface area contributed by atoms with E-state index in [1.165, 1.54) is 11.3 Å². The maximum atomic E-state index is 13.7. The van der Waals surface area contributed by atoms with Crippen molar-refractivity contribution in [3.8, 4) is 5.75 Å². The molecular weight excluding hydrogens is 679 g/mol. The van der Waals surface area contributed by atoms with Gasteiger partial charge in [0.2, 0.25) is 17.7 Å². The monoisotopic (exact) mass is 718 g/mol. The van der Waals surface area contributed by atoms with Gasteiger partial charge in [-0.3, -0.25) is 14.4 Å². The second-order valence-corrected chi connectivity index (χ2v) is 12.8. The fourth-order valence-electron chi connectivity index (χ4n) is 4.78. The Morgan fingerprint density at radius 3 is 2.63 bits per heavy atom. The van der Waals surface area contributed by atoms with Crippen LogP contribution in [0.5, 0.6) is 5.75 Å². The summed E-state index contributed by atoms with van der Waals surface area (Å²) in [6, 6.07) is 13.5. The molecule has 2 heterocycles. The molecule has 0 saturated heterocycles. The normalized spacial score (nSPS) is 20.9. The number of carbonyl (C=O) groups is 3. The summed E-state index contributed by atoms with van der Waals surface area (Å²) in [7, 11) is 0. The van der Waals surface area contributed by atoms with E-state index in [-0.39, 0.29) is 24.3 Å². The van der Waals surface area contributed by atoms with Crippen LogP contribution in [-0.2, 0) is 27.2 Å². The Kier molecular flexibility index (Phi) is 12.6. The minimum atomic E-state index is -0.871. The van der Waals surface area contributed by atoms with Crippen molar-refractivity contribution in [3.05, 3.63) is 74.8 Å². The lowest BCUT2D eigenvalue weighted by molar-refractivity contribution is -0.133. The molecule has 3 aromatic rings. The molecule has 4 rings (SSSR count). The molecule has 3 atom stereocenters. The first-order chi connectivity index (χ1) is 20.8. The van der Waals surface area contributed by atoms with Crippen LogP contribution in [0, 0.1) is 9.49 Å². The maximum Gasteiger partial charge on any atom is 0.244 e. The van der Waals surface area contributed by atoms with Crippen molar-refractivity contribution in [1.29, 1.82) is 0 Å². The lowest BCUT2D eigenvalue weighted by Crippen LogP contribution is -2.59. The van der Waals surface area contributed by atoms with Gasteiger partial charge in [0, 0.05) is 34.8 Å². The minimum absolute atomic E-state index is 0.150. The SMILES string of the molecule is CC(C)[C@H]1NC(=O)[C@@H](Cc2cccc(I)c2)NCCOc2ccccc2CCCNC(=O)[C@H](CNc2nccs2)NC1=O. The van der Waals surface area contributed by atoms with Crippen LogP contribution in [0.2, 0.25) is 0 Å². The summed E-state index contributed by atoms with van der Waals surface area (Å²) in [5, 5.41) is 17.8. The van der Waals surface area contributed by atoms with Crippen LogP contribution in [0.4, 0.5) is 5.13 Å².